The summed E-state index contributed by atoms with van der Waals surface area (Å²) in [4.78, 5) is 16.7. The number of amides is 1. The molecule has 0 bridgehead atoms. The van der Waals surface area contributed by atoms with E-state index in [1.807, 2.05) is 24.3 Å². The highest BCUT2D eigenvalue weighted by atomic mass is 79.9. The van der Waals surface area contributed by atoms with E-state index in [2.05, 4.69) is 33.2 Å². The predicted molar refractivity (Wildman–Crippen MR) is 77.1 cm³/mol. The lowest BCUT2D eigenvalue weighted by Gasteiger charge is -2.08. The van der Waals surface area contributed by atoms with E-state index in [9.17, 15) is 4.79 Å². The van der Waals surface area contributed by atoms with Crippen molar-refractivity contribution >= 4 is 32.7 Å². The zero-order chi connectivity index (χ0) is 13.0. The number of nitrogens with one attached hydrogen (secondary N) is 1. The summed E-state index contributed by atoms with van der Waals surface area (Å²) in [5, 5.41) is 3.82. The molecule has 1 amide bonds. The van der Waals surface area contributed by atoms with Gasteiger partial charge in [-0.25, -0.2) is 0 Å². The minimum Gasteiger partial charge on any atom is -0.352 e. The van der Waals surface area contributed by atoms with Gasteiger partial charge in [0.05, 0.1) is 11.1 Å². The number of hydrogen-bond donors (Lipinski definition) is 1. The molecule has 4 heteroatoms. The number of benzene rings is 1. The summed E-state index contributed by atoms with van der Waals surface area (Å²) >= 11 is 3.46. The van der Waals surface area contributed by atoms with Gasteiger partial charge in [-0.15, -0.1) is 0 Å². The highest BCUT2D eigenvalue weighted by Crippen LogP contribution is 2.15. The van der Waals surface area contributed by atoms with Crippen LogP contribution in [0.4, 0.5) is 0 Å². The first-order chi connectivity index (χ1) is 8.68. The number of pyridine rings is 1. The number of alkyl halides is 1. The highest BCUT2D eigenvalue weighted by molar-refractivity contribution is 9.09. The van der Waals surface area contributed by atoms with Crippen LogP contribution in [0.5, 0.6) is 0 Å². The van der Waals surface area contributed by atoms with E-state index >= 15 is 0 Å². The monoisotopic (exact) mass is 306 g/mol. The molecule has 0 aliphatic heterocycles. The van der Waals surface area contributed by atoms with Crippen molar-refractivity contribution < 1.29 is 4.79 Å². The molecule has 1 aromatic heterocycles. The first-order valence-electron chi connectivity index (χ1n) is 5.94. The number of hydrogen-bond acceptors (Lipinski definition) is 2. The van der Waals surface area contributed by atoms with Gasteiger partial charge in [0.15, 0.2) is 0 Å². The first-order valence-corrected chi connectivity index (χ1v) is 6.86. The third-order valence-corrected chi connectivity index (χ3v) is 3.18. The molecule has 0 fully saturated rings. The molecule has 0 spiro atoms. The van der Waals surface area contributed by atoms with Gasteiger partial charge in [0.2, 0.25) is 0 Å². The highest BCUT2D eigenvalue weighted by Gasteiger charge is 2.09. The Morgan fingerprint density at radius 2 is 2.17 bits per heavy atom. The summed E-state index contributed by atoms with van der Waals surface area (Å²) in [6.07, 6.45) is 2.58. The van der Waals surface area contributed by atoms with Gasteiger partial charge in [0, 0.05) is 23.0 Å². The molecule has 3 nitrogen and oxygen atoms in total. The van der Waals surface area contributed by atoms with E-state index in [0.29, 0.717) is 16.9 Å². The molecule has 18 heavy (non-hydrogen) atoms. The van der Waals surface area contributed by atoms with Crippen LogP contribution in [-0.2, 0) is 0 Å². The van der Waals surface area contributed by atoms with Gasteiger partial charge in [-0.05, 0) is 18.6 Å². The molecular formula is C14H15BrN2O. The third-order valence-electron chi connectivity index (χ3n) is 2.72. The molecule has 0 saturated carbocycles. The summed E-state index contributed by atoms with van der Waals surface area (Å²) in [5.41, 5.74) is 1.53. The molecule has 0 saturated heterocycles. The Kier molecular flexibility index (Phi) is 4.31. The van der Waals surface area contributed by atoms with Crippen molar-refractivity contribution in [2.45, 2.75) is 18.2 Å². The van der Waals surface area contributed by atoms with E-state index in [-0.39, 0.29) is 5.91 Å². The average molecular weight is 307 g/mol. The average Bonchev–Trinajstić information content (AvgIpc) is 2.37. The Bertz CT molecular complexity index is 549. The quantitative estimate of drug-likeness (QED) is 0.882. The van der Waals surface area contributed by atoms with Crippen LogP contribution in [0.2, 0.25) is 0 Å². The van der Waals surface area contributed by atoms with Crippen LogP contribution in [0, 0.1) is 0 Å². The third kappa shape index (κ3) is 3.07. The maximum absolute atomic E-state index is 12.1. The van der Waals surface area contributed by atoms with Gasteiger partial charge in [-0.2, -0.15) is 0 Å². The van der Waals surface area contributed by atoms with Crippen LogP contribution in [0.3, 0.4) is 0 Å². The number of fused-ring (bicyclic) bond motifs is 1. The van der Waals surface area contributed by atoms with Crippen molar-refractivity contribution in [1.29, 1.82) is 0 Å². The van der Waals surface area contributed by atoms with Gasteiger partial charge in [0.25, 0.3) is 5.91 Å². The molecule has 2 aromatic rings. The van der Waals surface area contributed by atoms with Crippen molar-refractivity contribution in [3.63, 3.8) is 0 Å². The predicted octanol–water partition coefficient (Wildman–Crippen LogP) is 3.14. The zero-order valence-corrected chi connectivity index (χ0v) is 11.8. The van der Waals surface area contributed by atoms with Crippen LogP contribution in [-0.4, -0.2) is 22.3 Å². The number of aromatic nitrogens is 1. The smallest absolute Gasteiger partial charge is 0.252 e. The maximum atomic E-state index is 12.1. The lowest BCUT2D eigenvalue weighted by molar-refractivity contribution is 0.0955. The lowest BCUT2D eigenvalue weighted by Crippen LogP contribution is -2.25. The van der Waals surface area contributed by atoms with Gasteiger partial charge in [-0.3, -0.25) is 9.78 Å². The van der Waals surface area contributed by atoms with Gasteiger partial charge >= 0.3 is 0 Å². The second-order valence-corrected chi connectivity index (χ2v) is 5.76. The van der Waals surface area contributed by atoms with E-state index < -0.39 is 0 Å². The molecule has 0 aliphatic rings. The normalized spacial score (nSPS) is 12.3. The molecule has 0 radical (unpaired) electrons. The van der Waals surface area contributed by atoms with Crippen molar-refractivity contribution in [1.82, 2.24) is 10.3 Å². The standard InChI is InChI=1S/C14H15BrN2O/c1-10(15)6-8-17-14(18)12-7-9-16-13-5-3-2-4-11(12)13/h2-5,7,9-10H,6,8H2,1H3,(H,17,18). The molecule has 1 atom stereocenters. The molecule has 1 unspecified atom stereocenters. The summed E-state index contributed by atoms with van der Waals surface area (Å²) in [5.74, 6) is -0.0400. The van der Waals surface area contributed by atoms with E-state index in [1.165, 1.54) is 0 Å². The number of carbonyl (C=O) groups excluding carboxylic acids is 1. The molecule has 1 N–H and O–H groups in total. The van der Waals surface area contributed by atoms with Crippen LogP contribution < -0.4 is 5.32 Å². The molecule has 2 rings (SSSR count). The second kappa shape index (κ2) is 5.96. The molecule has 94 valence electrons. The molecule has 0 aliphatic carbocycles. The minimum atomic E-state index is -0.0400. The van der Waals surface area contributed by atoms with Gasteiger partial charge in [-0.1, -0.05) is 41.1 Å². The van der Waals surface area contributed by atoms with Crippen LogP contribution in [0.25, 0.3) is 10.9 Å². The minimum absolute atomic E-state index is 0.0400. The van der Waals surface area contributed by atoms with E-state index in [4.69, 9.17) is 0 Å². The molecule has 1 heterocycles. The van der Waals surface area contributed by atoms with Crippen molar-refractivity contribution in [3.8, 4) is 0 Å². The number of carbonyl (C=O) groups is 1. The van der Waals surface area contributed by atoms with Crippen LogP contribution in [0.1, 0.15) is 23.7 Å². The Morgan fingerprint density at radius 1 is 1.39 bits per heavy atom. The second-order valence-electron chi connectivity index (χ2n) is 4.20. The van der Waals surface area contributed by atoms with Gasteiger partial charge < -0.3 is 5.32 Å². The summed E-state index contributed by atoms with van der Waals surface area (Å²) in [6, 6.07) is 9.43. The van der Waals surface area contributed by atoms with Crippen molar-refractivity contribution in [2.75, 3.05) is 6.54 Å². The first kappa shape index (κ1) is 13.0. The summed E-state index contributed by atoms with van der Waals surface area (Å²) < 4.78 is 0. The van der Waals surface area contributed by atoms with E-state index in [1.54, 1.807) is 12.3 Å². The number of para-hydroxylation sites is 1. The Hall–Kier alpha value is -1.42. The number of nitrogens with zero attached hydrogens (tertiary/aromatic N) is 1. The van der Waals surface area contributed by atoms with Crippen molar-refractivity contribution in [3.05, 3.63) is 42.1 Å². The lowest BCUT2D eigenvalue weighted by atomic mass is 10.1. The van der Waals surface area contributed by atoms with Crippen LogP contribution in [0.15, 0.2) is 36.5 Å². The Labute approximate surface area is 115 Å². The topological polar surface area (TPSA) is 42.0 Å². The largest absolute Gasteiger partial charge is 0.352 e. The fourth-order valence-electron chi connectivity index (χ4n) is 1.77. The fraction of sp³-hybridized carbons (Fsp3) is 0.286. The van der Waals surface area contributed by atoms with Crippen LogP contribution >= 0.6 is 15.9 Å². The van der Waals surface area contributed by atoms with Crippen molar-refractivity contribution in [2.24, 2.45) is 0 Å². The number of rotatable bonds is 4. The summed E-state index contributed by atoms with van der Waals surface area (Å²) in [7, 11) is 0. The fourth-order valence-corrected chi connectivity index (χ4v) is 2.00. The zero-order valence-electron chi connectivity index (χ0n) is 10.2. The summed E-state index contributed by atoms with van der Waals surface area (Å²) in [6.45, 7) is 2.73. The number of halogens is 1. The Balaban J connectivity index is 2.17. The van der Waals surface area contributed by atoms with E-state index in [0.717, 1.165) is 17.3 Å². The molecular weight excluding hydrogens is 292 g/mol. The van der Waals surface area contributed by atoms with Gasteiger partial charge in [0.1, 0.15) is 0 Å². The SMILES string of the molecule is CC(Br)CCNC(=O)c1ccnc2ccccc12. The maximum Gasteiger partial charge on any atom is 0.252 e. The molecule has 1 aromatic carbocycles. The Morgan fingerprint density at radius 3 is 2.94 bits per heavy atom.